The number of rotatable bonds is 7. The zero-order valence-corrected chi connectivity index (χ0v) is 17.0. The molecule has 0 unspecified atom stereocenters. The lowest BCUT2D eigenvalue weighted by Gasteiger charge is -2.30. The van der Waals surface area contributed by atoms with E-state index in [0.717, 1.165) is 25.9 Å². The molecule has 7 heteroatoms. The van der Waals surface area contributed by atoms with Crippen LogP contribution >= 0.6 is 11.6 Å². The maximum atomic E-state index is 13.5. The third-order valence-corrected chi connectivity index (χ3v) is 5.28. The summed E-state index contributed by atoms with van der Waals surface area (Å²) in [5, 5.41) is 3.11. The van der Waals surface area contributed by atoms with Crippen molar-refractivity contribution >= 4 is 23.4 Å². The molecule has 29 heavy (non-hydrogen) atoms. The summed E-state index contributed by atoms with van der Waals surface area (Å²) in [5.41, 5.74) is 1.46. The molecule has 0 atom stereocenters. The molecule has 0 spiro atoms. The van der Waals surface area contributed by atoms with Crippen LogP contribution in [0.3, 0.4) is 0 Å². The highest BCUT2D eigenvalue weighted by Crippen LogP contribution is 2.18. The third kappa shape index (κ3) is 6.02. The molecular formula is C22H25ClFN3O2. The van der Waals surface area contributed by atoms with Crippen LogP contribution in [0.5, 0.6) is 0 Å². The Morgan fingerprint density at radius 1 is 1.10 bits per heavy atom. The van der Waals surface area contributed by atoms with Gasteiger partial charge in [-0.25, -0.2) is 4.39 Å². The fraction of sp³-hybridized carbons (Fsp3) is 0.364. The van der Waals surface area contributed by atoms with Gasteiger partial charge in [-0.05, 0) is 36.6 Å². The fourth-order valence-corrected chi connectivity index (χ4v) is 3.54. The number of hydrogen-bond donors (Lipinski definition) is 1. The van der Waals surface area contributed by atoms with Gasteiger partial charge in [-0.3, -0.25) is 9.59 Å². The van der Waals surface area contributed by atoms with Crippen LogP contribution in [-0.2, 0) is 11.2 Å². The van der Waals surface area contributed by atoms with Crippen LogP contribution in [-0.4, -0.2) is 60.9 Å². The summed E-state index contributed by atoms with van der Waals surface area (Å²) >= 11 is 5.85. The lowest BCUT2D eigenvalue weighted by Crippen LogP contribution is -2.50. The van der Waals surface area contributed by atoms with E-state index < -0.39 is 5.82 Å². The van der Waals surface area contributed by atoms with Crippen LogP contribution in [0, 0.1) is 5.82 Å². The smallest absolute Gasteiger partial charge is 0.254 e. The number of benzene rings is 2. The zero-order chi connectivity index (χ0) is 20.6. The van der Waals surface area contributed by atoms with Crippen molar-refractivity contribution in [3.05, 3.63) is 70.5 Å². The molecule has 2 aromatic rings. The Morgan fingerprint density at radius 2 is 1.83 bits per heavy atom. The van der Waals surface area contributed by atoms with Gasteiger partial charge >= 0.3 is 0 Å². The van der Waals surface area contributed by atoms with Crippen LogP contribution in [0.25, 0.3) is 0 Å². The molecule has 1 N–H and O–H groups in total. The van der Waals surface area contributed by atoms with E-state index in [-0.39, 0.29) is 28.9 Å². The first-order valence-corrected chi connectivity index (χ1v) is 10.2. The Bertz CT molecular complexity index is 841. The molecule has 0 radical (unpaired) electrons. The predicted molar refractivity (Wildman–Crippen MR) is 112 cm³/mol. The van der Waals surface area contributed by atoms with Crippen molar-refractivity contribution in [3.8, 4) is 0 Å². The molecule has 1 heterocycles. The summed E-state index contributed by atoms with van der Waals surface area (Å²) in [7, 11) is 0. The first-order chi connectivity index (χ1) is 14.0. The summed E-state index contributed by atoms with van der Waals surface area (Å²) in [5.74, 6) is -0.966. The van der Waals surface area contributed by atoms with E-state index in [1.807, 2.05) is 30.3 Å². The fourth-order valence-electron chi connectivity index (χ4n) is 3.36. The van der Waals surface area contributed by atoms with E-state index in [1.54, 1.807) is 4.90 Å². The number of amides is 2. The number of piperazine rings is 1. The minimum absolute atomic E-state index is 0.00260. The summed E-state index contributed by atoms with van der Waals surface area (Å²) < 4.78 is 13.5. The first kappa shape index (κ1) is 21.3. The molecule has 0 bridgehead atoms. The van der Waals surface area contributed by atoms with E-state index in [0.29, 0.717) is 19.6 Å². The lowest BCUT2D eigenvalue weighted by molar-refractivity contribution is -0.132. The van der Waals surface area contributed by atoms with E-state index in [2.05, 4.69) is 5.32 Å². The summed E-state index contributed by atoms with van der Waals surface area (Å²) in [4.78, 5) is 29.1. The molecule has 0 aliphatic carbocycles. The van der Waals surface area contributed by atoms with Crippen molar-refractivity contribution in [3.63, 3.8) is 0 Å². The summed E-state index contributed by atoms with van der Waals surface area (Å²) in [6, 6.07) is 13.9. The van der Waals surface area contributed by atoms with Crippen LogP contribution in [0.4, 0.5) is 4.39 Å². The monoisotopic (exact) mass is 417 g/mol. The Hall–Kier alpha value is -2.44. The molecule has 1 aliphatic heterocycles. The van der Waals surface area contributed by atoms with Crippen LogP contribution in [0.2, 0.25) is 5.02 Å². The highest BCUT2D eigenvalue weighted by atomic mass is 35.5. The largest absolute Gasteiger partial charge is 0.339 e. The topological polar surface area (TPSA) is 52.7 Å². The van der Waals surface area contributed by atoms with Gasteiger partial charge in [0.15, 0.2) is 0 Å². The summed E-state index contributed by atoms with van der Waals surface area (Å²) in [6.07, 6.45) is 1.52. The minimum Gasteiger partial charge on any atom is -0.339 e. The normalized spacial score (nSPS) is 13.9. The minimum atomic E-state index is -0.573. The van der Waals surface area contributed by atoms with Gasteiger partial charge in [0, 0.05) is 38.3 Å². The number of carbonyl (C=O) groups excluding carboxylic acids is 2. The van der Waals surface area contributed by atoms with Gasteiger partial charge in [0.25, 0.3) is 5.91 Å². The van der Waals surface area contributed by atoms with Crippen LogP contribution < -0.4 is 5.32 Å². The molecule has 0 aromatic heterocycles. The van der Waals surface area contributed by atoms with Gasteiger partial charge in [0.1, 0.15) is 12.4 Å². The van der Waals surface area contributed by atoms with Crippen molar-refractivity contribution in [1.29, 1.82) is 0 Å². The average Bonchev–Trinajstić information content (AvgIpc) is 2.75. The standard InChI is InChI=1S/C22H25ClFN3O2/c23-19-15-18(8-9-20(19)24)22(29)27(12-4-7-17-5-2-1-3-6-17)16-21(28)26-13-10-25-11-14-26/h1-3,5-6,8-9,15,25H,4,7,10-14,16H2. The number of nitrogens with one attached hydrogen (secondary N) is 1. The Morgan fingerprint density at radius 3 is 2.52 bits per heavy atom. The number of halogens is 2. The Balaban J connectivity index is 1.69. The molecule has 2 amide bonds. The number of carbonyl (C=O) groups is 2. The summed E-state index contributed by atoms with van der Waals surface area (Å²) in [6.45, 7) is 3.20. The van der Waals surface area contributed by atoms with Gasteiger partial charge < -0.3 is 15.1 Å². The van der Waals surface area contributed by atoms with Crippen LogP contribution in [0.1, 0.15) is 22.3 Å². The van der Waals surface area contributed by atoms with Gasteiger partial charge in [0.2, 0.25) is 5.91 Å². The molecule has 3 rings (SSSR count). The molecule has 1 aliphatic rings. The van der Waals surface area contributed by atoms with E-state index in [4.69, 9.17) is 11.6 Å². The molecular weight excluding hydrogens is 393 g/mol. The van der Waals surface area contributed by atoms with Crippen molar-refractivity contribution in [2.45, 2.75) is 12.8 Å². The maximum absolute atomic E-state index is 13.5. The zero-order valence-electron chi connectivity index (χ0n) is 16.2. The van der Waals surface area contributed by atoms with Crippen molar-refractivity contribution < 1.29 is 14.0 Å². The highest BCUT2D eigenvalue weighted by molar-refractivity contribution is 6.31. The molecule has 154 valence electrons. The number of hydrogen-bond acceptors (Lipinski definition) is 3. The molecule has 1 saturated heterocycles. The van der Waals surface area contributed by atoms with Crippen molar-refractivity contribution in [2.24, 2.45) is 0 Å². The van der Waals surface area contributed by atoms with Gasteiger partial charge in [-0.15, -0.1) is 0 Å². The van der Waals surface area contributed by atoms with Gasteiger partial charge in [0.05, 0.1) is 5.02 Å². The van der Waals surface area contributed by atoms with Crippen LogP contribution in [0.15, 0.2) is 48.5 Å². The average molecular weight is 418 g/mol. The Kier molecular flexibility index (Phi) is 7.61. The van der Waals surface area contributed by atoms with E-state index >= 15 is 0 Å². The molecule has 2 aromatic carbocycles. The highest BCUT2D eigenvalue weighted by Gasteiger charge is 2.23. The third-order valence-electron chi connectivity index (χ3n) is 4.99. The molecule has 5 nitrogen and oxygen atoms in total. The van der Waals surface area contributed by atoms with Crippen molar-refractivity contribution in [1.82, 2.24) is 15.1 Å². The second-order valence-corrected chi connectivity index (χ2v) is 7.48. The maximum Gasteiger partial charge on any atom is 0.254 e. The second kappa shape index (κ2) is 10.4. The molecule has 1 fully saturated rings. The Labute approximate surface area is 175 Å². The quantitative estimate of drug-likeness (QED) is 0.753. The van der Waals surface area contributed by atoms with E-state index in [1.165, 1.54) is 28.7 Å². The second-order valence-electron chi connectivity index (χ2n) is 7.08. The van der Waals surface area contributed by atoms with E-state index in [9.17, 15) is 14.0 Å². The predicted octanol–water partition coefficient (Wildman–Crippen LogP) is 2.99. The van der Waals surface area contributed by atoms with Crippen molar-refractivity contribution in [2.75, 3.05) is 39.3 Å². The van der Waals surface area contributed by atoms with Gasteiger partial charge in [-0.2, -0.15) is 0 Å². The SMILES string of the molecule is O=C(CN(CCCc1ccccc1)C(=O)c1ccc(F)c(Cl)c1)N1CCNCC1. The molecule has 0 saturated carbocycles. The number of aryl methyl sites for hydroxylation is 1. The first-order valence-electron chi connectivity index (χ1n) is 9.81. The van der Waals surface area contributed by atoms with Gasteiger partial charge in [-0.1, -0.05) is 41.9 Å². The lowest BCUT2D eigenvalue weighted by atomic mass is 10.1. The number of nitrogens with zero attached hydrogens (tertiary/aromatic N) is 2.